The van der Waals surface area contributed by atoms with Crippen molar-refractivity contribution < 1.29 is 17.6 Å². The third-order valence-electron chi connectivity index (χ3n) is 2.15. The van der Waals surface area contributed by atoms with Crippen molar-refractivity contribution in [3.63, 3.8) is 0 Å². The molecule has 0 aromatic carbocycles. The molecule has 94 valence electrons. The van der Waals surface area contributed by atoms with E-state index in [1.807, 2.05) is 0 Å². The third kappa shape index (κ3) is 3.57. The Morgan fingerprint density at radius 2 is 2.18 bits per heavy atom. The number of aromatic nitrogens is 1. The van der Waals surface area contributed by atoms with Gasteiger partial charge in [0.2, 0.25) is 10.0 Å². The lowest BCUT2D eigenvalue weighted by atomic mass is 10.2. The van der Waals surface area contributed by atoms with Gasteiger partial charge in [0.05, 0.1) is 12.2 Å². The van der Waals surface area contributed by atoms with Crippen LogP contribution >= 0.6 is 0 Å². The summed E-state index contributed by atoms with van der Waals surface area (Å²) in [4.78, 5) is 14.4. The number of Topliss-reactive ketones (excluding diaryl/α,β-unsaturated/α-hetero) is 1. The van der Waals surface area contributed by atoms with Gasteiger partial charge in [-0.1, -0.05) is 6.92 Å². The lowest BCUT2D eigenvalue weighted by molar-refractivity contribution is -0.119. The fraction of sp³-hybridized carbons (Fsp3) is 0.400. The number of halogens is 1. The number of pyridine rings is 1. The molecule has 1 aromatic rings. The van der Waals surface area contributed by atoms with Crippen LogP contribution in [0, 0.1) is 5.82 Å². The Labute approximate surface area is 99.1 Å². The van der Waals surface area contributed by atoms with Gasteiger partial charge in [-0.25, -0.2) is 17.5 Å². The van der Waals surface area contributed by atoms with Crippen molar-refractivity contribution in [1.29, 1.82) is 0 Å². The molecule has 5 nitrogen and oxygen atoms in total. The lowest BCUT2D eigenvalue weighted by Gasteiger charge is -2.12. The summed E-state index contributed by atoms with van der Waals surface area (Å²) in [5, 5.41) is 0. The number of carbonyl (C=O) groups excluding carboxylic acids is 1. The first-order valence-corrected chi connectivity index (χ1v) is 6.50. The molecule has 1 rings (SSSR count). The van der Waals surface area contributed by atoms with E-state index < -0.39 is 21.9 Å². The van der Waals surface area contributed by atoms with Crippen LogP contribution in [0.1, 0.15) is 20.3 Å². The van der Waals surface area contributed by atoms with Crippen molar-refractivity contribution >= 4 is 15.8 Å². The van der Waals surface area contributed by atoms with E-state index >= 15 is 0 Å². The van der Waals surface area contributed by atoms with Gasteiger partial charge in [-0.2, -0.15) is 0 Å². The summed E-state index contributed by atoms with van der Waals surface area (Å²) in [5.41, 5.74) is 0. The number of carbonyl (C=O) groups is 1. The monoisotopic (exact) mass is 260 g/mol. The van der Waals surface area contributed by atoms with E-state index in [4.69, 9.17) is 0 Å². The average molecular weight is 260 g/mol. The molecule has 0 fully saturated rings. The number of hydrogen-bond acceptors (Lipinski definition) is 4. The normalized spacial score (nSPS) is 13.4. The van der Waals surface area contributed by atoms with Gasteiger partial charge < -0.3 is 0 Å². The van der Waals surface area contributed by atoms with Crippen molar-refractivity contribution in [2.75, 3.05) is 0 Å². The van der Waals surface area contributed by atoms with Gasteiger partial charge in [0, 0.05) is 12.6 Å². The number of nitrogens with one attached hydrogen (secondary N) is 1. The average Bonchev–Trinajstić information content (AvgIpc) is 2.27. The van der Waals surface area contributed by atoms with Crippen LogP contribution in [0.5, 0.6) is 0 Å². The van der Waals surface area contributed by atoms with Crippen LogP contribution in [-0.2, 0) is 14.8 Å². The van der Waals surface area contributed by atoms with E-state index in [0.29, 0.717) is 0 Å². The van der Waals surface area contributed by atoms with Crippen LogP contribution in [0.4, 0.5) is 4.39 Å². The van der Waals surface area contributed by atoms with Crippen LogP contribution in [0.15, 0.2) is 23.4 Å². The highest BCUT2D eigenvalue weighted by molar-refractivity contribution is 7.89. The smallest absolute Gasteiger partial charge is 0.242 e. The molecule has 1 heterocycles. The van der Waals surface area contributed by atoms with Crippen molar-refractivity contribution in [3.05, 3.63) is 24.3 Å². The van der Waals surface area contributed by atoms with Crippen molar-refractivity contribution in [1.82, 2.24) is 9.71 Å². The maximum Gasteiger partial charge on any atom is 0.242 e. The minimum absolute atomic E-state index is 0.227. The van der Waals surface area contributed by atoms with Crippen molar-refractivity contribution in [3.8, 4) is 0 Å². The molecule has 0 aliphatic rings. The highest BCUT2D eigenvalue weighted by Crippen LogP contribution is 2.09. The predicted molar refractivity (Wildman–Crippen MR) is 59.3 cm³/mol. The summed E-state index contributed by atoms with van der Waals surface area (Å²) >= 11 is 0. The topological polar surface area (TPSA) is 76.1 Å². The zero-order valence-electron chi connectivity index (χ0n) is 9.47. The van der Waals surface area contributed by atoms with Gasteiger partial charge in [0.15, 0.2) is 0 Å². The minimum atomic E-state index is -3.91. The van der Waals surface area contributed by atoms with E-state index in [-0.39, 0.29) is 17.1 Å². The van der Waals surface area contributed by atoms with E-state index in [1.54, 1.807) is 6.92 Å². The number of sulfonamides is 1. The highest BCUT2D eigenvalue weighted by Gasteiger charge is 2.21. The number of rotatable bonds is 5. The molecule has 0 amide bonds. The molecule has 0 spiro atoms. The molecule has 0 saturated carbocycles. The summed E-state index contributed by atoms with van der Waals surface area (Å²) in [6, 6.07) is 0.00614. The highest BCUT2D eigenvalue weighted by atomic mass is 32.2. The van der Waals surface area contributed by atoms with Crippen LogP contribution in [0.2, 0.25) is 0 Å². The Bertz CT molecular complexity index is 516. The zero-order chi connectivity index (χ0) is 13.1. The Morgan fingerprint density at radius 1 is 1.53 bits per heavy atom. The largest absolute Gasteiger partial charge is 0.298 e. The predicted octanol–water partition coefficient (Wildman–Crippen LogP) is 0.867. The molecular weight excluding hydrogens is 247 g/mol. The van der Waals surface area contributed by atoms with Gasteiger partial charge in [0.1, 0.15) is 16.5 Å². The molecular formula is C10H13FN2O3S. The first kappa shape index (κ1) is 13.7. The Hall–Kier alpha value is -1.34. The molecule has 1 atom stereocenters. The molecule has 1 unspecified atom stereocenters. The Morgan fingerprint density at radius 3 is 2.71 bits per heavy atom. The van der Waals surface area contributed by atoms with Gasteiger partial charge in [0.25, 0.3) is 0 Å². The fourth-order valence-corrected chi connectivity index (χ4v) is 2.41. The van der Waals surface area contributed by atoms with Crippen LogP contribution in [0.3, 0.4) is 0 Å². The van der Waals surface area contributed by atoms with E-state index in [9.17, 15) is 17.6 Å². The molecule has 0 aliphatic carbocycles. The molecule has 0 saturated heterocycles. The maximum absolute atomic E-state index is 12.8. The first-order valence-electron chi connectivity index (χ1n) is 5.02. The standard InChI is InChI=1S/C10H13FN2O3S/c1-3-10(14)7(2)13-17(15,16)9-4-8(11)5-12-6-9/h4-7,13H,3H2,1-2H3. The summed E-state index contributed by atoms with van der Waals surface area (Å²) in [6.07, 6.45) is 2.15. The summed E-state index contributed by atoms with van der Waals surface area (Å²) in [7, 11) is -3.91. The summed E-state index contributed by atoms with van der Waals surface area (Å²) in [5.74, 6) is -0.986. The second-order valence-corrected chi connectivity index (χ2v) is 5.22. The molecule has 1 N–H and O–H groups in total. The van der Waals surface area contributed by atoms with Gasteiger partial charge in [-0.15, -0.1) is 0 Å². The third-order valence-corrected chi connectivity index (χ3v) is 3.66. The van der Waals surface area contributed by atoms with E-state index in [2.05, 4.69) is 9.71 Å². The molecule has 1 aromatic heterocycles. The molecule has 0 bridgehead atoms. The maximum atomic E-state index is 12.8. The SMILES string of the molecule is CCC(=O)C(C)NS(=O)(=O)c1cncc(F)c1. The second kappa shape index (κ2) is 5.33. The minimum Gasteiger partial charge on any atom is -0.298 e. The van der Waals surface area contributed by atoms with Crippen LogP contribution in [-0.4, -0.2) is 25.2 Å². The van der Waals surface area contributed by atoms with Gasteiger partial charge in [-0.05, 0) is 13.0 Å². The van der Waals surface area contributed by atoms with Crippen LogP contribution in [0.25, 0.3) is 0 Å². The van der Waals surface area contributed by atoms with Crippen molar-refractivity contribution in [2.24, 2.45) is 0 Å². The van der Waals surface area contributed by atoms with Crippen LogP contribution < -0.4 is 4.72 Å². The quantitative estimate of drug-likeness (QED) is 0.852. The fourth-order valence-electron chi connectivity index (χ4n) is 1.21. The Kier molecular flexibility index (Phi) is 4.30. The number of hydrogen-bond donors (Lipinski definition) is 1. The zero-order valence-corrected chi connectivity index (χ0v) is 10.3. The number of ketones is 1. The van der Waals surface area contributed by atoms with Gasteiger partial charge in [-0.3, -0.25) is 9.78 Å². The molecule has 0 aliphatic heterocycles. The molecule has 17 heavy (non-hydrogen) atoms. The number of nitrogens with zero attached hydrogens (tertiary/aromatic N) is 1. The second-order valence-electron chi connectivity index (χ2n) is 3.50. The van der Waals surface area contributed by atoms with E-state index in [0.717, 1.165) is 18.5 Å². The molecule has 0 radical (unpaired) electrons. The van der Waals surface area contributed by atoms with Crippen molar-refractivity contribution in [2.45, 2.75) is 31.2 Å². The summed E-state index contributed by atoms with van der Waals surface area (Å²) < 4.78 is 38.5. The van der Waals surface area contributed by atoms with E-state index in [1.165, 1.54) is 6.92 Å². The summed E-state index contributed by atoms with van der Waals surface area (Å²) in [6.45, 7) is 3.08. The first-order chi connectivity index (χ1) is 7.86. The van der Waals surface area contributed by atoms with Gasteiger partial charge >= 0.3 is 0 Å². The molecule has 7 heteroatoms. The Balaban J connectivity index is 2.93. The lowest BCUT2D eigenvalue weighted by Crippen LogP contribution is -2.38.